The van der Waals surface area contributed by atoms with Crippen LogP contribution in [-0.4, -0.2) is 26.3 Å². The maximum absolute atomic E-state index is 11.3. The predicted octanol–water partition coefficient (Wildman–Crippen LogP) is 7.62. The molecule has 7 nitrogen and oxygen atoms in total. The number of aromatic nitrogens is 2. The number of carboxylic acid groups (broad SMARTS) is 1. The van der Waals surface area contributed by atoms with E-state index in [0.29, 0.717) is 62.1 Å². The summed E-state index contributed by atoms with van der Waals surface area (Å²) < 4.78 is 11.8. The Morgan fingerprint density at radius 2 is 1.77 bits per heavy atom. The number of hydrogen-bond acceptors (Lipinski definition) is 6. The van der Waals surface area contributed by atoms with E-state index in [0.717, 1.165) is 24.2 Å². The smallest absolute Gasteiger partial charge is 0.335 e. The average molecular weight is 586 g/mol. The molecule has 2 fully saturated rings. The van der Waals surface area contributed by atoms with Gasteiger partial charge in [-0.15, -0.1) is 0 Å². The van der Waals surface area contributed by atoms with Crippen LogP contribution in [-0.2, 0) is 12.2 Å². The number of hydrogen-bond donors (Lipinski definition) is 2. The Bertz CT molecular complexity index is 1560. The van der Waals surface area contributed by atoms with Gasteiger partial charge >= 0.3 is 5.97 Å². The number of aliphatic hydroxyl groups is 1. The Morgan fingerprint density at radius 1 is 1.03 bits per heavy atom. The minimum atomic E-state index is -1.14. The normalized spacial score (nSPS) is 20.5. The first kappa shape index (κ1) is 26.1. The third kappa shape index (κ3) is 5.00. The van der Waals surface area contributed by atoms with E-state index in [9.17, 15) is 15.0 Å². The van der Waals surface area contributed by atoms with Crippen LogP contribution in [0.4, 0.5) is 0 Å². The van der Waals surface area contributed by atoms with Crippen LogP contribution < -0.4 is 4.74 Å². The molecule has 0 unspecified atom stereocenters. The maximum atomic E-state index is 11.3. The molecular weight excluding hydrogens is 563 g/mol. The number of ether oxygens (including phenoxy) is 1. The van der Waals surface area contributed by atoms with Crippen molar-refractivity contribution in [3.63, 3.8) is 0 Å². The molecule has 2 aliphatic rings. The first-order valence-electron chi connectivity index (χ1n) is 12.5. The highest BCUT2D eigenvalue weighted by molar-refractivity contribution is 6.39. The minimum absolute atomic E-state index is 0.0641. The second kappa shape index (κ2) is 10.1. The zero-order chi connectivity index (χ0) is 27.3. The van der Waals surface area contributed by atoms with Crippen molar-refractivity contribution < 1.29 is 24.3 Å². The molecule has 0 spiro atoms. The van der Waals surface area contributed by atoms with Gasteiger partial charge in [0.15, 0.2) is 0 Å². The number of halogens is 3. The lowest BCUT2D eigenvalue weighted by molar-refractivity contribution is -0.0558. The Morgan fingerprint density at radius 3 is 2.44 bits per heavy atom. The molecule has 2 saturated carbocycles. The molecule has 39 heavy (non-hydrogen) atoms. The van der Waals surface area contributed by atoms with Gasteiger partial charge in [0.05, 0.1) is 31.8 Å². The molecule has 0 aliphatic heterocycles. The average Bonchev–Trinajstić information content (AvgIpc) is 3.66. The van der Waals surface area contributed by atoms with Gasteiger partial charge in [-0.1, -0.05) is 52.1 Å². The predicted molar refractivity (Wildman–Crippen MR) is 147 cm³/mol. The van der Waals surface area contributed by atoms with Crippen molar-refractivity contribution in [1.82, 2.24) is 10.1 Å². The first-order valence-corrected chi connectivity index (χ1v) is 13.6. The number of pyridine rings is 1. The molecule has 2 aromatic carbocycles. The van der Waals surface area contributed by atoms with Crippen LogP contribution in [0.5, 0.6) is 5.75 Å². The van der Waals surface area contributed by atoms with Gasteiger partial charge < -0.3 is 19.5 Å². The lowest BCUT2D eigenvalue weighted by atomic mass is 9.66. The summed E-state index contributed by atoms with van der Waals surface area (Å²) in [7, 11) is 0. The van der Waals surface area contributed by atoms with Crippen molar-refractivity contribution in [3.8, 4) is 17.0 Å². The molecule has 10 heteroatoms. The fourth-order valence-electron chi connectivity index (χ4n) is 5.16. The fraction of sp³-hybridized carbons (Fsp3) is 0.276. The molecule has 0 radical (unpaired) electrons. The summed E-state index contributed by atoms with van der Waals surface area (Å²) >= 11 is 19.5. The van der Waals surface area contributed by atoms with Gasteiger partial charge in [0.2, 0.25) is 0 Å². The summed E-state index contributed by atoms with van der Waals surface area (Å²) in [6.07, 6.45) is 4.29. The number of carbonyl (C=O) groups is 1. The molecule has 2 heterocycles. The molecule has 2 aromatic heterocycles. The first-order chi connectivity index (χ1) is 18.7. The zero-order valence-electron chi connectivity index (χ0n) is 20.5. The Hall–Kier alpha value is -3.10. The summed E-state index contributed by atoms with van der Waals surface area (Å²) in [5.74, 6) is 0.524. The van der Waals surface area contributed by atoms with Gasteiger partial charge in [0.1, 0.15) is 23.8 Å². The van der Waals surface area contributed by atoms with E-state index in [2.05, 4.69) is 10.1 Å². The van der Waals surface area contributed by atoms with Crippen LogP contribution in [0.1, 0.15) is 70.5 Å². The van der Waals surface area contributed by atoms with Gasteiger partial charge in [-0.3, -0.25) is 4.98 Å². The van der Waals surface area contributed by atoms with Crippen LogP contribution in [0.15, 0.2) is 59.3 Å². The summed E-state index contributed by atoms with van der Waals surface area (Å²) in [6, 6.07) is 13.5. The van der Waals surface area contributed by atoms with E-state index < -0.39 is 11.6 Å². The molecular formula is C29H23Cl3N2O5. The van der Waals surface area contributed by atoms with Gasteiger partial charge in [-0.25, -0.2) is 4.79 Å². The molecule has 0 amide bonds. The molecule has 2 aliphatic carbocycles. The largest absolute Gasteiger partial charge is 0.489 e. The second-order valence-corrected chi connectivity index (χ2v) is 11.3. The van der Waals surface area contributed by atoms with Crippen molar-refractivity contribution in [3.05, 3.63) is 97.9 Å². The van der Waals surface area contributed by atoms with E-state index in [1.807, 2.05) is 0 Å². The highest BCUT2D eigenvalue weighted by Gasteiger charge is 2.46. The highest BCUT2D eigenvalue weighted by atomic mass is 35.5. The monoisotopic (exact) mass is 584 g/mol. The molecule has 6 rings (SSSR count). The van der Waals surface area contributed by atoms with Gasteiger partial charge in [0.25, 0.3) is 0 Å². The van der Waals surface area contributed by atoms with Crippen molar-refractivity contribution in [2.24, 2.45) is 0 Å². The Labute approximate surface area is 239 Å². The van der Waals surface area contributed by atoms with Gasteiger partial charge in [0, 0.05) is 34.9 Å². The standard InChI is InChI=1S/C29H23Cl3N2O5/c30-21-2-1-3-22(31)25(21)26-19(27(39-34-26)15-4-5-15)14-38-18-6-7-20(23(32)11-18)29(37)12-17(13-29)24-10-16(28(35)36)8-9-33-24/h1-3,6-11,15,17,37H,4-5,12-14H2,(H,35,36). The quantitative estimate of drug-likeness (QED) is 0.219. The zero-order valence-corrected chi connectivity index (χ0v) is 22.8. The van der Waals surface area contributed by atoms with E-state index in [-0.39, 0.29) is 18.1 Å². The van der Waals surface area contributed by atoms with Crippen molar-refractivity contribution in [1.29, 1.82) is 0 Å². The third-order valence-corrected chi connectivity index (χ3v) is 8.35. The minimum Gasteiger partial charge on any atom is -0.489 e. The van der Waals surface area contributed by atoms with Crippen molar-refractivity contribution >= 4 is 40.8 Å². The maximum Gasteiger partial charge on any atom is 0.335 e. The van der Waals surface area contributed by atoms with Crippen LogP contribution >= 0.6 is 34.8 Å². The van der Waals surface area contributed by atoms with Gasteiger partial charge in [-0.05, 0) is 62.1 Å². The number of carboxylic acids is 1. The fourth-order valence-corrected chi connectivity index (χ4v) is 6.08. The summed E-state index contributed by atoms with van der Waals surface area (Å²) in [5.41, 5.74) is 2.23. The lowest BCUT2D eigenvalue weighted by Crippen LogP contribution is -2.40. The molecule has 0 atom stereocenters. The third-order valence-electron chi connectivity index (χ3n) is 7.41. The molecule has 0 saturated heterocycles. The Kier molecular flexibility index (Phi) is 6.79. The number of rotatable bonds is 8. The van der Waals surface area contributed by atoms with Crippen molar-refractivity contribution in [2.75, 3.05) is 0 Å². The SMILES string of the molecule is O=C(O)c1ccnc(C2CC(O)(c3ccc(OCc4c(-c5c(Cl)cccc5Cl)noc4C4CC4)cc3Cl)C2)c1. The summed E-state index contributed by atoms with van der Waals surface area (Å²) in [5, 5.41) is 26.1. The van der Waals surface area contributed by atoms with E-state index in [4.69, 9.17) is 44.1 Å². The van der Waals surface area contributed by atoms with Crippen LogP contribution in [0.2, 0.25) is 15.1 Å². The molecule has 4 aromatic rings. The van der Waals surface area contributed by atoms with Crippen LogP contribution in [0, 0.1) is 0 Å². The van der Waals surface area contributed by atoms with Crippen LogP contribution in [0.3, 0.4) is 0 Å². The lowest BCUT2D eigenvalue weighted by Gasteiger charge is -2.44. The molecule has 200 valence electrons. The van der Waals surface area contributed by atoms with Gasteiger partial charge in [-0.2, -0.15) is 0 Å². The topological polar surface area (TPSA) is 106 Å². The number of nitrogens with zero attached hydrogens (tertiary/aromatic N) is 2. The molecule has 0 bridgehead atoms. The van der Waals surface area contributed by atoms with E-state index >= 15 is 0 Å². The summed E-state index contributed by atoms with van der Waals surface area (Å²) in [4.78, 5) is 15.6. The number of aromatic carboxylic acids is 1. The van der Waals surface area contributed by atoms with Crippen LogP contribution in [0.25, 0.3) is 11.3 Å². The highest BCUT2D eigenvalue weighted by Crippen LogP contribution is 2.52. The van der Waals surface area contributed by atoms with Crippen molar-refractivity contribution in [2.45, 2.75) is 49.7 Å². The second-order valence-electron chi connectivity index (χ2n) is 10.1. The van der Waals surface area contributed by atoms with E-state index in [1.54, 1.807) is 42.5 Å². The molecule has 2 N–H and O–H groups in total. The Balaban J connectivity index is 1.19. The summed E-state index contributed by atoms with van der Waals surface area (Å²) in [6.45, 7) is 0.180. The number of benzene rings is 2. The van der Waals surface area contributed by atoms with E-state index in [1.165, 1.54) is 12.3 Å².